The molecule has 0 bridgehead atoms. The summed E-state index contributed by atoms with van der Waals surface area (Å²) in [7, 11) is -4.41. The van der Waals surface area contributed by atoms with Crippen LogP contribution in [0, 0.1) is 0 Å². The molecule has 0 aromatic heterocycles. The number of hydrogen-bond donors (Lipinski definition) is 2. The third-order valence-electron chi connectivity index (χ3n) is 5.43. The van der Waals surface area contributed by atoms with E-state index in [9.17, 15) is 26.7 Å². The van der Waals surface area contributed by atoms with Gasteiger partial charge < -0.3 is 5.11 Å². The highest BCUT2D eigenvalue weighted by Gasteiger charge is 2.48. The normalized spacial score (nSPS) is 22.2. The second-order valence-corrected chi connectivity index (χ2v) is 9.88. The van der Waals surface area contributed by atoms with Gasteiger partial charge in [0.15, 0.2) is 0 Å². The molecule has 1 heterocycles. The van der Waals surface area contributed by atoms with Crippen LogP contribution in [0.1, 0.15) is 17.0 Å². The molecule has 2 aromatic carbocycles. The minimum absolute atomic E-state index is 0.112. The van der Waals surface area contributed by atoms with E-state index < -0.39 is 26.7 Å². The van der Waals surface area contributed by atoms with E-state index in [2.05, 4.69) is 27.2 Å². The molecule has 1 aliphatic rings. The van der Waals surface area contributed by atoms with Crippen molar-refractivity contribution < 1.29 is 26.7 Å². The average molecular weight is 519 g/mol. The number of hydrogen-bond acceptors (Lipinski definition) is 4. The topological polar surface area (TPSA) is 69.6 Å². The van der Waals surface area contributed by atoms with Crippen molar-refractivity contribution in [3.05, 3.63) is 76.8 Å². The molecule has 3 rings (SSSR count). The zero-order chi connectivity index (χ0) is 22.8. The van der Waals surface area contributed by atoms with Gasteiger partial charge in [-0.05, 0) is 29.8 Å². The van der Waals surface area contributed by atoms with Gasteiger partial charge in [0.25, 0.3) is 0 Å². The SMILES string of the molecule is C=CCN1[C@H](CO)[C@@H](c2ccc(Br)cc2)[C@@H]1CNS(=O)(=O)c1ccccc1C(F)(F)F. The fraction of sp³-hybridized carbons (Fsp3) is 0.333. The largest absolute Gasteiger partial charge is 0.417 e. The van der Waals surface area contributed by atoms with Gasteiger partial charge in [0, 0.05) is 35.6 Å². The van der Waals surface area contributed by atoms with Crippen molar-refractivity contribution in [2.75, 3.05) is 19.7 Å². The van der Waals surface area contributed by atoms with Gasteiger partial charge >= 0.3 is 6.18 Å². The highest BCUT2D eigenvalue weighted by Crippen LogP contribution is 2.41. The Hall–Kier alpha value is -1.72. The number of likely N-dealkylation sites (tertiary alicyclic amines) is 1. The molecule has 2 N–H and O–H groups in total. The quantitative estimate of drug-likeness (QED) is 0.522. The molecule has 1 saturated heterocycles. The van der Waals surface area contributed by atoms with Crippen LogP contribution in [0.2, 0.25) is 0 Å². The fourth-order valence-electron chi connectivity index (χ4n) is 4.03. The summed E-state index contributed by atoms with van der Waals surface area (Å²) in [4.78, 5) is 1.08. The molecule has 10 heteroatoms. The summed E-state index contributed by atoms with van der Waals surface area (Å²) >= 11 is 3.37. The smallest absolute Gasteiger partial charge is 0.395 e. The first kappa shape index (κ1) is 23.9. The Morgan fingerprint density at radius 2 is 1.77 bits per heavy atom. The molecule has 168 valence electrons. The summed E-state index contributed by atoms with van der Waals surface area (Å²) in [5, 5.41) is 9.87. The predicted molar refractivity (Wildman–Crippen MR) is 115 cm³/mol. The highest BCUT2D eigenvalue weighted by atomic mass is 79.9. The van der Waals surface area contributed by atoms with Crippen LogP contribution in [0.4, 0.5) is 13.2 Å². The van der Waals surface area contributed by atoms with Crippen LogP contribution in [0.5, 0.6) is 0 Å². The molecule has 0 saturated carbocycles. The van der Waals surface area contributed by atoms with Crippen molar-refractivity contribution in [2.24, 2.45) is 0 Å². The van der Waals surface area contributed by atoms with Gasteiger partial charge in [0.05, 0.1) is 17.1 Å². The van der Waals surface area contributed by atoms with Gasteiger partial charge in [0.1, 0.15) is 0 Å². The summed E-state index contributed by atoms with van der Waals surface area (Å²) < 4.78 is 68.6. The molecule has 0 unspecified atom stereocenters. The lowest BCUT2D eigenvalue weighted by atomic mass is 9.75. The van der Waals surface area contributed by atoms with E-state index in [0.717, 1.165) is 28.2 Å². The Morgan fingerprint density at radius 1 is 1.13 bits per heavy atom. The van der Waals surface area contributed by atoms with Crippen molar-refractivity contribution in [1.29, 1.82) is 0 Å². The van der Waals surface area contributed by atoms with E-state index in [0.29, 0.717) is 6.54 Å². The molecular formula is C21H22BrF3N2O3S. The number of alkyl halides is 3. The van der Waals surface area contributed by atoms with E-state index in [1.807, 2.05) is 29.2 Å². The van der Waals surface area contributed by atoms with Crippen molar-refractivity contribution in [3.63, 3.8) is 0 Å². The second-order valence-electron chi connectivity index (χ2n) is 7.23. The summed E-state index contributed by atoms with van der Waals surface area (Å²) in [5.41, 5.74) is -0.306. The molecule has 3 atom stereocenters. The Kier molecular flexibility index (Phi) is 7.27. The minimum Gasteiger partial charge on any atom is -0.395 e. The summed E-state index contributed by atoms with van der Waals surface area (Å²) in [6.45, 7) is 3.85. The average Bonchev–Trinajstić information content (AvgIpc) is 2.71. The first-order valence-corrected chi connectivity index (χ1v) is 11.8. The third-order valence-corrected chi connectivity index (χ3v) is 7.44. The van der Waals surface area contributed by atoms with Gasteiger partial charge in [-0.1, -0.05) is 46.3 Å². The summed E-state index contributed by atoms with van der Waals surface area (Å²) in [5.74, 6) is -0.196. The maximum absolute atomic E-state index is 13.3. The maximum atomic E-state index is 13.3. The lowest BCUT2D eigenvalue weighted by molar-refractivity contribution is -0.139. The first-order valence-electron chi connectivity index (χ1n) is 9.49. The first-order chi connectivity index (χ1) is 14.6. The monoisotopic (exact) mass is 518 g/mol. The van der Waals surface area contributed by atoms with Crippen LogP contribution in [0.25, 0.3) is 0 Å². The van der Waals surface area contributed by atoms with Gasteiger partial charge in [-0.2, -0.15) is 13.2 Å². The number of nitrogens with one attached hydrogen (secondary N) is 1. The molecule has 0 spiro atoms. The molecular weight excluding hydrogens is 497 g/mol. The fourth-order valence-corrected chi connectivity index (χ4v) is 5.57. The molecule has 0 aliphatic carbocycles. The van der Waals surface area contributed by atoms with Crippen LogP contribution in [-0.2, 0) is 16.2 Å². The molecule has 0 radical (unpaired) electrons. The van der Waals surface area contributed by atoms with E-state index in [4.69, 9.17) is 0 Å². The molecule has 31 heavy (non-hydrogen) atoms. The van der Waals surface area contributed by atoms with Crippen LogP contribution in [-0.4, -0.2) is 50.2 Å². The molecule has 5 nitrogen and oxygen atoms in total. The van der Waals surface area contributed by atoms with E-state index in [-0.39, 0.29) is 31.2 Å². The van der Waals surface area contributed by atoms with Crippen molar-refractivity contribution in [2.45, 2.75) is 29.1 Å². The minimum atomic E-state index is -4.79. The van der Waals surface area contributed by atoms with Gasteiger partial charge in [-0.25, -0.2) is 13.1 Å². The Labute approximate surface area is 187 Å². The van der Waals surface area contributed by atoms with Gasteiger partial charge in [0.2, 0.25) is 10.0 Å². The van der Waals surface area contributed by atoms with Crippen LogP contribution in [0.3, 0.4) is 0 Å². The highest BCUT2D eigenvalue weighted by molar-refractivity contribution is 9.10. The molecule has 2 aromatic rings. The molecule has 1 fully saturated rings. The number of rotatable bonds is 8. The second kappa shape index (κ2) is 9.41. The number of benzene rings is 2. The zero-order valence-corrected chi connectivity index (χ0v) is 18.8. The molecule has 1 aliphatic heterocycles. The van der Waals surface area contributed by atoms with Crippen LogP contribution < -0.4 is 4.72 Å². The zero-order valence-electron chi connectivity index (χ0n) is 16.4. The van der Waals surface area contributed by atoms with Gasteiger partial charge in [-0.3, -0.25) is 4.90 Å². The number of nitrogens with zero attached hydrogens (tertiary/aromatic N) is 1. The summed E-state index contributed by atoms with van der Waals surface area (Å²) in [6.07, 6.45) is -3.15. The van der Waals surface area contributed by atoms with E-state index >= 15 is 0 Å². The standard InChI is InChI=1S/C21H22BrF3N2O3S/c1-2-11-27-17(20(18(27)13-28)14-7-9-15(22)10-8-14)12-26-31(29,30)19-6-4-3-5-16(19)21(23,24)25/h2-10,17-18,20,26,28H,1,11-13H2/t17-,18+,20-/m0/s1. The predicted octanol–water partition coefficient (Wildman–Crippen LogP) is 3.76. The van der Waals surface area contributed by atoms with Crippen LogP contribution >= 0.6 is 15.9 Å². The maximum Gasteiger partial charge on any atom is 0.417 e. The van der Waals surface area contributed by atoms with Crippen molar-refractivity contribution in [1.82, 2.24) is 9.62 Å². The number of halogens is 4. The molecule has 0 amide bonds. The van der Waals surface area contributed by atoms with Crippen LogP contribution in [0.15, 0.2) is 70.6 Å². The van der Waals surface area contributed by atoms with E-state index in [1.165, 1.54) is 6.07 Å². The van der Waals surface area contributed by atoms with Gasteiger partial charge in [-0.15, -0.1) is 6.58 Å². The Morgan fingerprint density at radius 3 is 2.35 bits per heavy atom. The third kappa shape index (κ3) is 5.04. The summed E-state index contributed by atoms with van der Waals surface area (Å²) in [6, 6.07) is 10.9. The Bertz CT molecular complexity index is 1030. The van der Waals surface area contributed by atoms with Crippen molar-refractivity contribution >= 4 is 26.0 Å². The number of aliphatic hydroxyl groups is 1. The lowest BCUT2D eigenvalue weighted by Gasteiger charge is -2.55. The number of sulfonamides is 1. The Balaban J connectivity index is 1.87. The van der Waals surface area contributed by atoms with Crippen molar-refractivity contribution in [3.8, 4) is 0 Å². The van der Waals surface area contributed by atoms with E-state index in [1.54, 1.807) is 6.08 Å². The number of aliphatic hydroxyl groups excluding tert-OH is 1. The lowest BCUT2D eigenvalue weighted by Crippen LogP contribution is -2.66.